The van der Waals surface area contributed by atoms with E-state index in [4.69, 9.17) is 24.2 Å². The standard InChI is InChI=1S/C22H24BrN3O8/c1-4-32-19-7-14(5-6-17(19)34-13-22(28)31-3)10-24-26-21(27)12-33-20-9-16(23)15(11-25-29)8-18(20)30-2/h5-11,29H,4,12-13H2,1-3H3,(H,26,27). The molecule has 0 aliphatic heterocycles. The first-order chi connectivity index (χ1) is 16.4. The summed E-state index contributed by atoms with van der Waals surface area (Å²) in [6, 6.07) is 8.13. The SMILES string of the molecule is CCOc1cc(C=NNC(=O)COc2cc(Br)c(C=NO)cc2OC)ccc1OCC(=O)OC. The molecule has 2 aromatic carbocycles. The molecule has 0 aromatic heterocycles. The number of methoxy groups -OCH3 is 2. The lowest BCUT2D eigenvalue weighted by molar-refractivity contribution is -0.142. The Labute approximate surface area is 204 Å². The summed E-state index contributed by atoms with van der Waals surface area (Å²) >= 11 is 3.32. The summed E-state index contributed by atoms with van der Waals surface area (Å²) in [6.45, 7) is 1.63. The summed E-state index contributed by atoms with van der Waals surface area (Å²) in [5, 5.41) is 15.6. The van der Waals surface area contributed by atoms with E-state index < -0.39 is 11.9 Å². The van der Waals surface area contributed by atoms with Gasteiger partial charge in [-0.05, 0) is 58.7 Å². The third-order valence-corrected chi connectivity index (χ3v) is 4.77. The van der Waals surface area contributed by atoms with Crippen molar-refractivity contribution in [2.24, 2.45) is 10.3 Å². The smallest absolute Gasteiger partial charge is 0.343 e. The molecule has 0 aliphatic rings. The summed E-state index contributed by atoms with van der Waals surface area (Å²) in [7, 11) is 2.72. The van der Waals surface area contributed by atoms with E-state index in [0.29, 0.717) is 45.2 Å². The summed E-state index contributed by atoms with van der Waals surface area (Å²) in [6.07, 6.45) is 2.65. The van der Waals surface area contributed by atoms with Crippen molar-refractivity contribution < 1.29 is 38.5 Å². The molecule has 11 nitrogen and oxygen atoms in total. The van der Waals surface area contributed by atoms with E-state index >= 15 is 0 Å². The topological polar surface area (TPSA) is 137 Å². The fraction of sp³-hybridized carbons (Fsp3) is 0.273. The Morgan fingerprint density at radius 1 is 1.00 bits per heavy atom. The quantitative estimate of drug-likeness (QED) is 0.182. The van der Waals surface area contributed by atoms with Gasteiger partial charge in [-0.2, -0.15) is 5.10 Å². The molecule has 0 saturated carbocycles. The molecule has 0 aliphatic carbocycles. The average Bonchev–Trinajstić information content (AvgIpc) is 2.83. The molecule has 0 bridgehead atoms. The molecule has 0 atom stereocenters. The molecule has 0 heterocycles. The highest BCUT2D eigenvalue weighted by atomic mass is 79.9. The van der Waals surface area contributed by atoms with E-state index in [9.17, 15) is 9.59 Å². The molecule has 12 heteroatoms. The first-order valence-corrected chi connectivity index (χ1v) is 10.7. The Morgan fingerprint density at radius 3 is 2.41 bits per heavy atom. The number of rotatable bonds is 12. The van der Waals surface area contributed by atoms with Crippen LogP contribution in [0.4, 0.5) is 0 Å². The summed E-state index contributed by atoms with van der Waals surface area (Å²) in [4.78, 5) is 23.4. The van der Waals surface area contributed by atoms with Gasteiger partial charge < -0.3 is 28.9 Å². The monoisotopic (exact) mass is 537 g/mol. The van der Waals surface area contributed by atoms with Gasteiger partial charge in [-0.1, -0.05) is 5.16 Å². The maximum absolute atomic E-state index is 12.1. The second-order valence-electron chi connectivity index (χ2n) is 6.35. The number of nitrogens with one attached hydrogen (secondary N) is 1. The number of amides is 1. The molecule has 2 rings (SSSR count). The molecule has 2 aromatic rings. The van der Waals surface area contributed by atoms with E-state index in [0.717, 1.165) is 0 Å². The minimum Gasteiger partial charge on any atom is -0.493 e. The molecule has 0 fully saturated rings. The zero-order chi connectivity index (χ0) is 24.9. The number of carbonyl (C=O) groups is 2. The molecular weight excluding hydrogens is 514 g/mol. The fourth-order valence-electron chi connectivity index (χ4n) is 2.53. The lowest BCUT2D eigenvalue weighted by Crippen LogP contribution is -2.24. The zero-order valence-corrected chi connectivity index (χ0v) is 20.3. The van der Waals surface area contributed by atoms with Crippen LogP contribution in [0.2, 0.25) is 0 Å². The molecule has 2 N–H and O–H groups in total. The van der Waals surface area contributed by atoms with Gasteiger partial charge in [-0.3, -0.25) is 4.79 Å². The minimum atomic E-state index is -0.516. The second-order valence-corrected chi connectivity index (χ2v) is 7.21. The molecule has 0 unspecified atom stereocenters. The van der Waals surface area contributed by atoms with Crippen molar-refractivity contribution in [1.29, 1.82) is 0 Å². The van der Waals surface area contributed by atoms with Crippen molar-refractivity contribution >= 4 is 40.2 Å². The molecule has 182 valence electrons. The van der Waals surface area contributed by atoms with E-state index in [1.807, 2.05) is 6.92 Å². The van der Waals surface area contributed by atoms with E-state index in [2.05, 4.69) is 36.3 Å². The van der Waals surface area contributed by atoms with Crippen LogP contribution in [0.1, 0.15) is 18.1 Å². The van der Waals surface area contributed by atoms with Crippen molar-refractivity contribution in [3.63, 3.8) is 0 Å². The number of hydrazone groups is 1. The summed E-state index contributed by atoms with van der Waals surface area (Å²) in [5.74, 6) is 0.437. The first-order valence-electron chi connectivity index (χ1n) is 9.87. The lowest BCUT2D eigenvalue weighted by atomic mass is 10.2. The van der Waals surface area contributed by atoms with E-state index in [1.165, 1.54) is 26.6 Å². The van der Waals surface area contributed by atoms with Gasteiger partial charge in [-0.25, -0.2) is 10.2 Å². The Morgan fingerprint density at radius 2 is 1.74 bits per heavy atom. The van der Waals surface area contributed by atoms with Crippen molar-refractivity contribution in [2.45, 2.75) is 6.92 Å². The third-order valence-electron chi connectivity index (χ3n) is 4.08. The summed E-state index contributed by atoms with van der Waals surface area (Å²) < 4.78 is 26.8. The Kier molecular flexibility index (Phi) is 10.6. The van der Waals surface area contributed by atoms with Crippen molar-refractivity contribution in [3.8, 4) is 23.0 Å². The normalized spacial score (nSPS) is 10.8. The predicted octanol–water partition coefficient (Wildman–Crippen LogP) is 2.75. The van der Waals surface area contributed by atoms with Crippen LogP contribution in [-0.2, 0) is 14.3 Å². The fourth-order valence-corrected chi connectivity index (χ4v) is 2.95. The maximum atomic E-state index is 12.1. The van der Waals surface area contributed by atoms with Gasteiger partial charge in [0.25, 0.3) is 5.91 Å². The Hall–Kier alpha value is -3.80. The number of esters is 1. The van der Waals surface area contributed by atoms with Crippen LogP contribution in [0.25, 0.3) is 0 Å². The van der Waals surface area contributed by atoms with Crippen LogP contribution >= 0.6 is 15.9 Å². The van der Waals surface area contributed by atoms with E-state index in [1.54, 1.807) is 30.3 Å². The van der Waals surface area contributed by atoms with Crippen LogP contribution in [-0.4, -0.2) is 63.6 Å². The van der Waals surface area contributed by atoms with Crippen LogP contribution in [0.15, 0.2) is 45.1 Å². The van der Waals surface area contributed by atoms with Crippen molar-refractivity contribution in [2.75, 3.05) is 34.0 Å². The van der Waals surface area contributed by atoms with Gasteiger partial charge in [0, 0.05) is 10.0 Å². The van der Waals surface area contributed by atoms with Crippen LogP contribution in [0, 0.1) is 0 Å². The van der Waals surface area contributed by atoms with Gasteiger partial charge in [0.05, 0.1) is 33.3 Å². The third kappa shape index (κ3) is 7.96. The van der Waals surface area contributed by atoms with Gasteiger partial charge in [0.2, 0.25) is 0 Å². The highest BCUT2D eigenvalue weighted by Crippen LogP contribution is 2.33. The van der Waals surface area contributed by atoms with Crippen LogP contribution in [0.3, 0.4) is 0 Å². The Bertz CT molecular complexity index is 1060. The molecule has 1 amide bonds. The second kappa shape index (κ2) is 13.7. The summed E-state index contributed by atoms with van der Waals surface area (Å²) in [5.41, 5.74) is 3.55. The number of nitrogens with zero attached hydrogens (tertiary/aromatic N) is 2. The molecule has 0 radical (unpaired) electrons. The maximum Gasteiger partial charge on any atom is 0.343 e. The number of hydrogen-bond donors (Lipinski definition) is 2. The van der Waals surface area contributed by atoms with Gasteiger partial charge in [-0.15, -0.1) is 0 Å². The van der Waals surface area contributed by atoms with Crippen molar-refractivity contribution in [3.05, 3.63) is 45.9 Å². The number of oxime groups is 1. The van der Waals surface area contributed by atoms with Gasteiger partial charge in [0.15, 0.2) is 36.2 Å². The lowest BCUT2D eigenvalue weighted by Gasteiger charge is -2.12. The molecule has 0 saturated heterocycles. The number of benzene rings is 2. The number of hydrogen-bond acceptors (Lipinski definition) is 10. The van der Waals surface area contributed by atoms with Gasteiger partial charge >= 0.3 is 5.97 Å². The predicted molar refractivity (Wildman–Crippen MR) is 126 cm³/mol. The van der Waals surface area contributed by atoms with Gasteiger partial charge in [0.1, 0.15) is 0 Å². The first kappa shape index (κ1) is 26.5. The zero-order valence-electron chi connectivity index (χ0n) is 18.7. The largest absolute Gasteiger partial charge is 0.493 e. The molecule has 0 spiro atoms. The molecular formula is C22H24BrN3O8. The van der Waals surface area contributed by atoms with Crippen LogP contribution < -0.4 is 24.4 Å². The number of ether oxygens (including phenoxy) is 5. The Balaban J connectivity index is 1.97. The highest BCUT2D eigenvalue weighted by molar-refractivity contribution is 9.10. The van der Waals surface area contributed by atoms with Crippen molar-refractivity contribution in [1.82, 2.24) is 5.43 Å². The average molecular weight is 538 g/mol. The minimum absolute atomic E-state index is 0.251. The number of carbonyl (C=O) groups excluding carboxylic acids is 2. The molecule has 34 heavy (non-hydrogen) atoms. The highest BCUT2D eigenvalue weighted by Gasteiger charge is 2.12. The van der Waals surface area contributed by atoms with E-state index in [-0.39, 0.29) is 13.2 Å². The number of halogens is 1. The van der Waals surface area contributed by atoms with Crippen LogP contribution in [0.5, 0.6) is 23.0 Å².